The highest BCUT2D eigenvalue weighted by Crippen LogP contribution is 2.16. The molecule has 8 heteroatoms. The lowest BCUT2D eigenvalue weighted by atomic mass is 10.1. The zero-order chi connectivity index (χ0) is 20.4. The summed E-state index contributed by atoms with van der Waals surface area (Å²) in [7, 11) is 5.73. The Morgan fingerprint density at radius 1 is 1.07 bits per heavy atom. The molecule has 29 heavy (non-hydrogen) atoms. The fraction of sp³-hybridized carbons (Fsp3) is 0.429. The van der Waals surface area contributed by atoms with E-state index in [1.54, 1.807) is 7.05 Å². The van der Waals surface area contributed by atoms with Crippen LogP contribution < -0.4 is 16.0 Å². The topological polar surface area (TPSA) is 68.8 Å². The molecular weight excluding hydrogens is 497 g/mol. The number of aryl methyl sites for hydroxylation is 1. The Hall–Kier alpha value is -1.65. The third-order valence-corrected chi connectivity index (χ3v) is 5.44. The van der Waals surface area contributed by atoms with Gasteiger partial charge in [-0.15, -0.1) is 35.3 Å². The van der Waals surface area contributed by atoms with E-state index in [0.717, 1.165) is 31.0 Å². The largest absolute Gasteiger partial charge is 0.352 e. The fourth-order valence-corrected chi connectivity index (χ4v) is 3.50. The molecule has 0 spiro atoms. The Labute approximate surface area is 195 Å². The van der Waals surface area contributed by atoms with Gasteiger partial charge in [0.2, 0.25) is 0 Å². The Morgan fingerprint density at radius 2 is 1.79 bits per heavy atom. The van der Waals surface area contributed by atoms with Gasteiger partial charge in [-0.2, -0.15) is 0 Å². The summed E-state index contributed by atoms with van der Waals surface area (Å²) in [6.07, 6.45) is 1.07. The number of hydrogen-bond acceptors (Lipinski definition) is 4. The second-order valence-electron chi connectivity index (χ2n) is 6.76. The van der Waals surface area contributed by atoms with Crippen molar-refractivity contribution in [1.29, 1.82) is 0 Å². The van der Waals surface area contributed by atoms with Crippen LogP contribution in [0.4, 0.5) is 0 Å². The third-order valence-electron chi connectivity index (χ3n) is 4.21. The van der Waals surface area contributed by atoms with Crippen molar-refractivity contribution in [2.24, 2.45) is 4.99 Å². The van der Waals surface area contributed by atoms with Crippen LogP contribution in [0, 0.1) is 0 Å². The summed E-state index contributed by atoms with van der Waals surface area (Å²) in [5.41, 5.74) is 1.71. The van der Waals surface area contributed by atoms with Crippen LogP contribution in [0.2, 0.25) is 0 Å². The van der Waals surface area contributed by atoms with Crippen LogP contribution in [0.5, 0.6) is 0 Å². The second-order valence-corrected chi connectivity index (χ2v) is 8.01. The van der Waals surface area contributed by atoms with Gasteiger partial charge in [0.1, 0.15) is 0 Å². The van der Waals surface area contributed by atoms with Gasteiger partial charge >= 0.3 is 0 Å². The van der Waals surface area contributed by atoms with E-state index in [9.17, 15) is 4.79 Å². The molecular formula is C21H32IN5OS. The minimum absolute atomic E-state index is 0. The van der Waals surface area contributed by atoms with Crippen molar-refractivity contribution in [3.8, 4) is 0 Å². The number of amides is 1. The molecule has 0 atom stereocenters. The van der Waals surface area contributed by atoms with Crippen LogP contribution in [0.3, 0.4) is 0 Å². The molecule has 2 aromatic rings. The molecule has 0 saturated heterocycles. The lowest BCUT2D eigenvalue weighted by Gasteiger charge is -2.13. The van der Waals surface area contributed by atoms with Gasteiger partial charge in [-0.05, 0) is 50.3 Å². The summed E-state index contributed by atoms with van der Waals surface area (Å²) in [6, 6.07) is 12.0. The zero-order valence-corrected chi connectivity index (χ0v) is 20.8. The highest BCUT2D eigenvalue weighted by molar-refractivity contribution is 14.0. The average Bonchev–Trinajstić information content (AvgIpc) is 3.16. The summed E-state index contributed by atoms with van der Waals surface area (Å²) < 4.78 is 0. The van der Waals surface area contributed by atoms with Gasteiger partial charge in [-0.25, -0.2) is 0 Å². The maximum absolute atomic E-state index is 12.3. The fourth-order valence-electron chi connectivity index (χ4n) is 2.60. The molecule has 0 unspecified atom stereocenters. The Bertz CT molecular complexity index is 791. The predicted molar refractivity (Wildman–Crippen MR) is 133 cm³/mol. The number of halogens is 1. The molecule has 0 aliphatic rings. The number of carbonyl (C=O) groups is 1. The van der Waals surface area contributed by atoms with E-state index in [2.05, 4.69) is 40.0 Å². The van der Waals surface area contributed by atoms with Crippen molar-refractivity contribution in [1.82, 2.24) is 20.9 Å². The minimum atomic E-state index is -0.0457. The van der Waals surface area contributed by atoms with Gasteiger partial charge in [0, 0.05) is 42.0 Å². The molecule has 6 nitrogen and oxygen atoms in total. The van der Waals surface area contributed by atoms with Crippen molar-refractivity contribution in [2.45, 2.75) is 26.4 Å². The van der Waals surface area contributed by atoms with Crippen LogP contribution in [-0.4, -0.2) is 51.0 Å². The SMILES string of the molecule is CCc1ccc(CNC(=NC)NCc2cccc(C(=O)NCCN(C)C)c2)s1.I. The van der Waals surface area contributed by atoms with Gasteiger partial charge in [0.05, 0.1) is 6.54 Å². The Kier molecular flexibility index (Phi) is 11.9. The van der Waals surface area contributed by atoms with Crippen LogP contribution in [0.15, 0.2) is 41.4 Å². The number of thiophene rings is 1. The molecule has 0 radical (unpaired) electrons. The molecule has 0 aliphatic carbocycles. The number of guanidine groups is 1. The van der Waals surface area contributed by atoms with Gasteiger partial charge in [0.25, 0.3) is 5.91 Å². The number of hydrogen-bond donors (Lipinski definition) is 3. The molecule has 1 heterocycles. The van der Waals surface area contributed by atoms with Gasteiger partial charge in [0.15, 0.2) is 5.96 Å². The molecule has 0 saturated carbocycles. The van der Waals surface area contributed by atoms with Crippen molar-refractivity contribution in [3.63, 3.8) is 0 Å². The van der Waals surface area contributed by atoms with E-state index in [-0.39, 0.29) is 29.9 Å². The monoisotopic (exact) mass is 529 g/mol. The van der Waals surface area contributed by atoms with E-state index in [0.29, 0.717) is 18.7 Å². The number of aliphatic imine (C=N–C) groups is 1. The number of rotatable bonds is 9. The molecule has 0 fully saturated rings. The lowest BCUT2D eigenvalue weighted by Crippen LogP contribution is -2.36. The predicted octanol–water partition coefficient (Wildman–Crippen LogP) is 3.09. The zero-order valence-electron chi connectivity index (χ0n) is 17.6. The normalized spacial score (nSPS) is 11.1. The van der Waals surface area contributed by atoms with E-state index in [1.807, 2.05) is 54.6 Å². The van der Waals surface area contributed by atoms with E-state index in [4.69, 9.17) is 0 Å². The van der Waals surface area contributed by atoms with Crippen LogP contribution in [0.1, 0.15) is 32.6 Å². The van der Waals surface area contributed by atoms with E-state index < -0.39 is 0 Å². The second kappa shape index (κ2) is 13.6. The average molecular weight is 529 g/mol. The molecule has 1 amide bonds. The molecule has 0 aliphatic heterocycles. The van der Waals surface area contributed by atoms with Gasteiger partial charge < -0.3 is 20.9 Å². The van der Waals surface area contributed by atoms with Crippen molar-refractivity contribution in [3.05, 3.63) is 57.3 Å². The Morgan fingerprint density at radius 3 is 2.45 bits per heavy atom. The molecule has 160 valence electrons. The smallest absolute Gasteiger partial charge is 0.251 e. The standard InChI is InChI=1S/C21H31N5OS.HI/c1-5-18-9-10-19(28-18)15-25-21(22-2)24-14-16-7-6-8-17(13-16)20(27)23-11-12-26(3)4;/h6-10,13H,5,11-12,14-15H2,1-4H3,(H,23,27)(H2,22,24,25);1H. The van der Waals surface area contributed by atoms with Gasteiger partial charge in [-0.1, -0.05) is 19.1 Å². The quantitative estimate of drug-likeness (QED) is 0.266. The summed E-state index contributed by atoms with van der Waals surface area (Å²) in [5, 5.41) is 9.58. The first kappa shape index (κ1) is 25.4. The number of nitrogens with zero attached hydrogens (tertiary/aromatic N) is 2. The Balaban J connectivity index is 0.00000420. The molecule has 1 aromatic carbocycles. The third kappa shape index (κ3) is 9.14. The van der Waals surface area contributed by atoms with Crippen molar-refractivity contribution in [2.75, 3.05) is 34.2 Å². The molecule has 3 N–H and O–H groups in total. The van der Waals surface area contributed by atoms with Crippen LogP contribution >= 0.6 is 35.3 Å². The number of likely N-dealkylation sites (N-methyl/N-ethyl adjacent to an activating group) is 1. The first-order valence-corrected chi connectivity index (χ1v) is 10.4. The first-order valence-electron chi connectivity index (χ1n) is 9.55. The number of benzene rings is 1. The summed E-state index contributed by atoms with van der Waals surface area (Å²) in [5.74, 6) is 0.697. The number of nitrogens with one attached hydrogen (secondary N) is 3. The van der Waals surface area contributed by atoms with E-state index in [1.165, 1.54) is 9.75 Å². The highest BCUT2D eigenvalue weighted by Gasteiger charge is 2.07. The van der Waals surface area contributed by atoms with Gasteiger partial charge in [-0.3, -0.25) is 9.79 Å². The molecule has 0 bridgehead atoms. The molecule has 2 rings (SSSR count). The highest BCUT2D eigenvalue weighted by atomic mass is 127. The lowest BCUT2D eigenvalue weighted by molar-refractivity contribution is 0.0951. The van der Waals surface area contributed by atoms with Crippen molar-refractivity contribution < 1.29 is 4.79 Å². The van der Waals surface area contributed by atoms with Crippen molar-refractivity contribution >= 4 is 47.2 Å². The maximum atomic E-state index is 12.3. The number of carbonyl (C=O) groups excluding carboxylic acids is 1. The summed E-state index contributed by atoms with van der Waals surface area (Å²) in [6.45, 7) is 4.97. The van der Waals surface area contributed by atoms with Crippen LogP contribution in [0.25, 0.3) is 0 Å². The first-order chi connectivity index (χ1) is 13.5. The summed E-state index contributed by atoms with van der Waals surface area (Å²) >= 11 is 1.82. The van der Waals surface area contributed by atoms with Crippen LogP contribution in [-0.2, 0) is 19.5 Å². The molecule has 1 aromatic heterocycles. The minimum Gasteiger partial charge on any atom is -0.352 e. The van der Waals surface area contributed by atoms with E-state index >= 15 is 0 Å². The summed E-state index contributed by atoms with van der Waals surface area (Å²) in [4.78, 5) is 21.3. The maximum Gasteiger partial charge on any atom is 0.251 e.